The van der Waals surface area contributed by atoms with E-state index in [4.69, 9.17) is 10.5 Å². The zero-order valence-electron chi connectivity index (χ0n) is 9.49. The van der Waals surface area contributed by atoms with Crippen LogP contribution in [-0.2, 0) is 0 Å². The van der Waals surface area contributed by atoms with Gasteiger partial charge in [0.25, 0.3) is 5.91 Å². The molecule has 19 heavy (non-hydrogen) atoms. The monoisotopic (exact) mass is 387 g/mol. The van der Waals surface area contributed by atoms with Gasteiger partial charge in [0.05, 0.1) is 10.0 Å². The molecule has 0 saturated carbocycles. The molecule has 6 heteroatoms. The summed E-state index contributed by atoms with van der Waals surface area (Å²) < 4.78 is 19.6. The van der Waals surface area contributed by atoms with Gasteiger partial charge in [0.15, 0.2) is 0 Å². The van der Waals surface area contributed by atoms with E-state index in [-0.39, 0.29) is 11.4 Å². The molecule has 0 heterocycles. The summed E-state index contributed by atoms with van der Waals surface area (Å²) >= 11 is 6.43. The van der Waals surface area contributed by atoms with Crippen LogP contribution < -0.4 is 10.5 Å². The predicted octanol–water partition coefficient (Wildman–Crippen LogP) is 4.24. The zero-order valence-corrected chi connectivity index (χ0v) is 12.7. The summed E-state index contributed by atoms with van der Waals surface area (Å²) in [4.78, 5) is 11.4. The van der Waals surface area contributed by atoms with Crippen LogP contribution in [0.3, 0.4) is 0 Å². The number of benzene rings is 2. The van der Waals surface area contributed by atoms with Crippen LogP contribution in [0.25, 0.3) is 0 Å². The predicted molar refractivity (Wildman–Crippen MR) is 76.8 cm³/mol. The number of amides is 1. The van der Waals surface area contributed by atoms with Crippen molar-refractivity contribution < 1.29 is 13.9 Å². The molecule has 98 valence electrons. The average molecular weight is 389 g/mol. The van der Waals surface area contributed by atoms with Crippen molar-refractivity contribution in [2.75, 3.05) is 0 Å². The Labute approximate surface area is 125 Å². The van der Waals surface area contributed by atoms with Crippen molar-refractivity contribution in [1.29, 1.82) is 0 Å². The summed E-state index contributed by atoms with van der Waals surface area (Å²) in [6, 6.07) is 9.01. The highest BCUT2D eigenvalue weighted by molar-refractivity contribution is 9.10. The maximum absolute atomic E-state index is 13.0. The SMILES string of the molecule is NC(=O)c1c(Br)cccc1Oc1ccc(F)cc1Br. The molecule has 1 amide bonds. The lowest BCUT2D eigenvalue weighted by molar-refractivity contribution is 0.0997. The molecule has 0 spiro atoms. The highest BCUT2D eigenvalue weighted by Gasteiger charge is 2.15. The Morgan fingerprint density at radius 2 is 1.84 bits per heavy atom. The summed E-state index contributed by atoms with van der Waals surface area (Å²) in [6.45, 7) is 0. The molecular weight excluding hydrogens is 381 g/mol. The Morgan fingerprint density at radius 3 is 2.47 bits per heavy atom. The topological polar surface area (TPSA) is 52.3 Å². The van der Waals surface area contributed by atoms with E-state index in [1.54, 1.807) is 18.2 Å². The molecule has 0 aliphatic rings. The summed E-state index contributed by atoms with van der Waals surface area (Å²) in [5, 5.41) is 0. The third-order valence-corrected chi connectivity index (χ3v) is 3.62. The van der Waals surface area contributed by atoms with Crippen molar-refractivity contribution in [2.45, 2.75) is 0 Å². The first-order chi connectivity index (χ1) is 8.99. The van der Waals surface area contributed by atoms with Crippen molar-refractivity contribution in [3.05, 3.63) is 56.7 Å². The lowest BCUT2D eigenvalue weighted by Crippen LogP contribution is -2.13. The summed E-state index contributed by atoms with van der Waals surface area (Å²) in [6.07, 6.45) is 0. The first kappa shape index (κ1) is 14.0. The number of primary amides is 1. The van der Waals surface area contributed by atoms with Gasteiger partial charge >= 0.3 is 0 Å². The number of hydrogen-bond acceptors (Lipinski definition) is 2. The Balaban J connectivity index is 2.44. The lowest BCUT2D eigenvalue weighted by atomic mass is 10.2. The van der Waals surface area contributed by atoms with Crippen molar-refractivity contribution in [2.24, 2.45) is 5.73 Å². The summed E-state index contributed by atoms with van der Waals surface area (Å²) in [7, 11) is 0. The number of halogens is 3. The molecule has 2 rings (SSSR count). The molecule has 0 radical (unpaired) electrons. The van der Waals surface area contributed by atoms with Crippen LogP contribution in [0.15, 0.2) is 45.3 Å². The highest BCUT2D eigenvalue weighted by atomic mass is 79.9. The Morgan fingerprint density at radius 1 is 1.11 bits per heavy atom. The standard InChI is InChI=1S/C13H8Br2FNO2/c14-8-2-1-3-11(12(8)13(17)18)19-10-5-4-7(16)6-9(10)15/h1-6H,(H2,17,18). The van der Waals surface area contributed by atoms with E-state index in [1.807, 2.05) is 0 Å². The van der Waals surface area contributed by atoms with Crippen LogP contribution in [0.4, 0.5) is 4.39 Å². The van der Waals surface area contributed by atoms with Gasteiger partial charge in [-0.1, -0.05) is 6.07 Å². The molecule has 3 nitrogen and oxygen atoms in total. The van der Waals surface area contributed by atoms with Gasteiger partial charge < -0.3 is 10.5 Å². The van der Waals surface area contributed by atoms with Crippen LogP contribution >= 0.6 is 31.9 Å². The number of carbonyl (C=O) groups excluding carboxylic acids is 1. The molecule has 2 aromatic rings. The number of rotatable bonds is 3. The molecule has 0 aliphatic heterocycles. The molecule has 0 aliphatic carbocycles. The number of nitrogens with two attached hydrogens (primary N) is 1. The van der Waals surface area contributed by atoms with E-state index in [9.17, 15) is 9.18 Å². The molecule has 2 aromatic carbocycles. The maximum atomic E-state index is 13.0. The second-order valence-corrected chi connectivity index (χ2v) is 5.36. The smallest absolute Gasteiger partial charge is 0.253 e. The van der Waals surface area contributed by atoms with Gasteiger partial charge in [-0.2, -0.15) is 0 Å². The van der Waals surface area contributed by atoms with E-state index >= 15 is 0 Å². The molecule has 0 bridgehead atoms. The van der Waals surface area contributed by atoms with Gasteiger partial charge in [-0.15, -0.1) is 0 Å². The first-order valence-corrected chi connectivity index (χ1v) is 6.79. The first-order valence-electron chi connectivity index (χ1n) is 5.20. The third-order valence-electron chi connectivity index (χ3n) is 2.34. The van der Waals surface area contributed by atoms with Gasteiger partial charge in [-0.3, -0.25) is 4.79 Å². The minimum Gasteiger partial charge on any atom is -0.455 e. The van der Waals surface area contributed by atoms with Crippen molar-refractivity contribution in [3.63, 3.8) is 0 Å². The second kappa shape index (κ2) is 5.71. The molecule has 0 unspecified atom stereocenters. The quantitative estimate of drug-likeness (QED) is 0.854. The van der Waals surface area contributed by atoms with Gasteiger partial charge in [0.1, 0.15) is 17.3 Å². The Hall–Kier alpha value is -1.40. The summed E-state index contributed by atoms with van der Waals surface area (Å²) in [5.74, 6) is -0.305. The third kappa shape index (κ3) is 3.13. The maximum Gasteiger partial charge on any atom is 0.253 e. The molecule has 0 saturated heterocycles. The zero-order chi connectivity index (χ0) is 14.0. The van der Waals surface area contributed by atoms with Crippen LogP contribution in [0.1, 0.15) is 10.4 Å². The number of hydrogen-bond donors (Lipinski definition) is 1. The van der Waals surface area contributed by atoms with Gasteiger partial charge in [0.2, 0.25) is 0 Å². The fourth-order valence-electron chi connectivity index (χ4n) is 1.50. The number of carbonyl (C=O) groups is 1. The van der Waals surface area contributed by atoms with Crippen molar-refractivity contribution in [1.82, 2.24) is 0 Å². The fourth-order valence-corrected chi connectivity index (χ4v) is 2.48. The largest absolute Gasteiger partial charge is 0.455 e. The molecule has 0 atom stereocenters. The van der Waals surface area contributed by atoms with E-state index < -0.39 is 5.91 Å². The molecule has 2 N–H and O–H groups in total. The Bertz CT molecular complexity index is 647. The van der Waals surface area contributed by atoms with Crippen LogP contribution in [-0.4, -0.2) is 5.91 Å². The van der Waals surface area contributed by atoms with Gasteiger partial charge in [-0.05, 0) is 62.2 Å². The Kier molecular flexibility index (Phi) is 4.21. The fraction of sp³-hybridized carbons (Fsp3) is 0. The second-order valence-electron chi connectivity index (χ2n) is 3.65. The van der Waals surface area contributed by atoms with E-state index in [0.717, 1.165) is 0 Å². The lowest BCUT2D eigenvalue weighted by Gasteiger charge is -2.11. The average Bonchev–Trinajstić information content (AvgIpc) is 2.32. The minimum absolute atomic E-state index is 0.235. The molecule has 0 fully saturated rings. The highest BCUT2D eigenvalue weighted by Crippen LogP contribution is 2.34. The van der Waals surface area contributed by atoms with E-state index in [1.165, 1.54) is 18.2 Å². The number of ether oxygens (including phenoxy) is 1. The minimum atomic E-state index is -0.610. The molecule has 0 aromatic heterocycles. The normalized spacial score (nSPS) is 10.3. The van der Waals surface area contributed by atoms with Crippen LogP contribution in [0.2, 0.25) is 0 Å². The van der Waals surface area contributed by atoms with E-state index in [2.05, 4.69) is 31.9 Å². The van der Waals surface area contributed by atoms with Crippen LogP contribution in [0, 0.1) is 5.82 Å². The van der Waals surface area contributed by atoms with Crippen molar-refractivity contribution in [3.8, 4) is 11.5 Å². The summed E-state index contributed by atoms with van der Waals surface area (Å²) in [5.41, 5.74) is 5.55. The van der Waals surface area contributed by atoms with Crippen molar-refractivity contribution >= 4 is 37.8 Å². The molecular formula is C13H8Br2FNO2. The van der Waals surface area contributed by atoms with E-state index in [0.29, 0.717) is 20.4 Å². The van der Waals surface area contributed by atoms with Crippen LogP contribution in [0.5, 0.6) is 11.5 Å². The van der Waals surface area contributed by atoms with Gasteiger partial charge in [-0.25, -0.2) is 4.39 Å². The van der Waals surface area contributed by atoms with Gasteiger partial charge in [0, 0.05) is 4.47 Å².